The van der Waals surface area contributed by atoms with Crippen LogP contribution in [0.3, 0.4) is 0 Å². The van der Waals surface area contributed by atoms with Crippen LogP contribution in [0.15, 0.2) is 18.2 Å². The van der Waals surface area contributed by atoms with Gasteiger partial charge in [-0.05, 0) is 25.5 Å². The van der Waals surface area contributed by atoms with Crippen molar-refractivity contribution in [2.24, 2.45) is 0 Å². The fourth-order valence-corrected chi connectivity index (χ4v) is 3.31. The van der Waals surface area contributed by atoms with Crippen LogP contribution >= 0.6 is 11.6 Å². The van der Waals surface area contributed by atoms with Crippen LogP contribution in [-0.4, -0.2) is 63.7 Å². The molecule has 0 bridgehead atoms. The van der Waals surface area contributed by atoms with E-state index in [1.165, 1.54) is 0 Å². The quantitative estimate of drug-likeness (QED) is 0.682. The molecule has 0 amide bonds. The number of rotatable bonds is 8. The Kier molecular flexibility index (Phi) is 6.44. The maximum Gasteiger partial charge on any atom is 0.0845 e. The minimum atomic E-state index is -0.613. The van der Waals surface area contributed by atoms with Crippen molar-refractivity contribution in [2.75, 3.05) is 32.8 Å². The number of para-hydroxylation sites is 1. The molecule has 1 atom stereocenters. The van der Waals surface area contributed by atoms with Crippen LogP contribution in [0.2, 0.25) is 5.02 Å². The number of benzene rings is 1. The number of halogens is 1. The Bertz CT molecular complexity index is 651. The molecule has 23 heavy (non-hydrogen) atoms. The molecule has 0 saturated carbocycles. The van der Waals surface area contributed by atoms with E-state index in [4.69, 9.17) is 21.8 Å². The van der Waals surface area contributed by atoms with Gasteiger partial charge in [0, 0.05) is 30.7 Å². The van der Waals surface area contributed by atoms with Crippen molar-refractivity contribution < 1.29 is 15.3 Å². The summed E-state index contributed by atoms with van der Waals surface area (Å²) in [6.45, 7) is 5.77. The molecule has 6 heteroatoms. The largest absolute Gasteiger partial charge is 0.395 e. The zero-order valence-electron chi connectivity index (χ0n) is 13.7. The van der Waals surface area contributed by atoms with E-state index in [2.05, 4.69) is 6.92 Å². The molecule has 0 radical (unpaired) electrons. The number of fused-ring (bicyclic) bond motifs is 1. The number of aliphatic hydroxyl groups is 3. The van der Waals surface area contributed by atoms with Crippen molar-refractivity contribution in [3.63, 3.8) is 0 Å². The molecule has 128 valence electrons. The first-order valence-corrected chi connectivity index (χ1v) is 8.23. The van der Waals surface area contributed by atoms with Crippen molar-refractivity contribution in [3.8, 4) is 0 Å². The Balaban J connectivity index is 2.22. The second-order valence-corrected chi connectivity index (χ2v) is 6.27. The van der Waals surface area contributed by atoms with Gasteiger partial charge in [0.05, 0.1) is 36.4 Å². The second-order valence-electron chi connectivity index (χ2n) is 5.86. The fourth-order valence-electron chi connectivity index (χ4n) is 3.03. The third-order valence-corrected chi connectivity index (χ3v) is 4.61. The molecule has 1 heterocycles. The number of nitrogens with zero attached hydrogens (tertiary/aromatic N) is 2. The smallest absolute Gasteiger partial charge is 0.0845 e. The first-order valence-electron chi connectivity index (χ1n) is 7.85. The van der Waals surface area contributed by atoms with Crippen LogP contribution in [-0.2, 0) is 6.54 Å². The van der Waals surface area contributed by atoms with E-state index in [1.807, 2.05) is 34.6 Å². The third kappa shape index (κ3) is 4.05. The number of hydrogen-bond donors (Lipinski definition) is 3. The van der Waals surface area contributed by atoms with Gasteiger partial charge in [0.25, 0.3) is 0 Å². The highest BCUT2D eigenvalue weighted by Crippen LogP contribution is 2.30. The van der Waals surface area contributed by atoms with Gasteiger partial charge in [-0.2, -0.15) is 0 Å². The Labute approximate surface area is 141 Å². The van der Waals surface area contributed by atoms with Crippen LogP contribution in [0.4, 0.5) is 0 Å². The highest BCUT2D eigenvalue weighted by Gasteiger charge is 2.17. The van der Waals surface area contributed by atoms with Crippen LogP contribution in [0, 0.1) is 13.8 Å². The number of aromatic nitrogens is 1. The van der Waals surface area contributed by atoms with E-state index in [1.54, 1.807) is 0 Å². The Hall–Kier alpha value is -1.11. The van der Waals surface area contributed by atoms with Crippen LogP contribution in [0.5, 0.6) is 0 Å². The zero-order valence-corrected chi connectivity index (χ0v) is 14.4. The molecular weight excluding hydrogens is 316 g/mol. The second kappa shape index (κ2) is 8.13. The first kappa shape index (κ1) is 18.2. The number of hydrogen-bond acceptors (Lipinski definition) is 4. The standard InChI is InChI=1S/C17H25ClN2O3/c1-12-13(2)20(17-15(12)4-3-5-16(17)18)11-14(23)10-19(6-8-21)7-9-22/h3-5,14,21-23H,6-11H2,1-2H3/t14-/m1/s1. The van der Waals surface area contributed by atoms with E-state index in [9.17, 15) is 5.11 Å². The SMILES string of the molecule is Cc1c(C)n(C[C@H](O)CN(CCO)CCO)c2c(Cl)cccc12. The summed E-state index contributed by atoms with van der Waals surface area (Å²) >= 11 is 6.36. The summed E-state index contributed by atoms with van der Waals surface area (Å²) in [7, 11) is 0. The highest BCUT2D eigenvalue weighted by atomic mass is 35.5. The van der Waals surface area contributed by atoms with E-state index in [-0.39, 0.29) is 13.2 Å². The van der Waals surface area contributed by atoms with Gasteiger partial charge in [0.15, 0.2) is 0 Å². The summed E-state index contributed by atoms with van der Waals surface area (Å²) in [5.74, 6) is 0. The lowest BCUT2D eigenvalue weighted by Gasteiger charge is -2.24. The Morgan fingerprint density at radius 1 is 1.17 bits per heavy atom. The molecule has 1 aromatic heterocycles. The summed E-state index contributed by atoms with van der Waals surface area (Å²) in [6, 6.07) is 5.83. The maximum absolute atomic E-state index is 10.4. The summed E-state index contributed by atoms with van der Waals surface area (Å²) in [5.41, 5.74) is 3.19. The van der Waals surface area contributed by atoms with Gasteiger partial charge in [0.2, 0.25) is 0 Å². The van der Waals surface area contributed by atoms with Crippen molar-refractivity contribution in [1.82, 2.24) is 9.47 Å². The molecule has 0 saturated heterocycles. The predicted octanol–water partition coefficient (Wildman–Crippen LogP) is 1.56. The molecule has 0 spiro atoms. The van der Waals surface area contributed by atoms with Gasteiger partial charge < -0.3 is 19.9 Å². The normalized spacial score (nSPS) is 13.2. The number of aryl methyl sites for hydroxylation is 1. The molecule has 0 aliphatic carbocycles. The van der Waals surface area contributed by atoms with Crippen LogP contribution in [0.25, 0.3) is 10.9 Å². The van der Waals surface area contributed by atoms with E-state index < -0.39 is 6.10 Å². The lowest BCUT2D eigenvalue weighted by molar-refractivity contribution is 0.0777. The molecule has 0 fully saturated rings. The monoisotopic (exact) mass is 340 g/mol. The molecular formula is C17H25ClN2O3. The summed E-state index contributed by atoms with van der Waals surface area (Å²) in [5, 5.41) is 30.3. The van der Waals surface area contributed by atoms with Gasteiger partial charge in [-0.3, -0.25) is 4.90 Å². The fraction of sp³-hybridized carbons (Fsp3) is 0.529. The van der Waals surface area contributed by atoms with Gasteiger partial charge >= 0.3 is 0 Å². The molecule has 0 aliphatic rings. The van der Waals surface area contributed by atoms with E-state index in [0.717, 1.165) is 22.2 Å². The topological polar surface area (TPSA) is 68.9 Å². The van der Waals surface area contributed by atoms with Crippen molar-refractivity contribution in [2.45, 2.75) is 26.5 Å². The zero-order chi connectivity index (χ0) is 17.0. The average Bonchev–Trinajstić information content (AvgIpc) is 2.74. The van der Waals surface area contributed by atoms with E-state index in [0.29, 0.717) is 31.2 Å². The lowest BCUT2D eigenvalue weighted by atomic mass is 10.2. The molecule has 5 nitrogen and oxygen atoms in total. The van der Waals surface area contributed by atoms with Crippen molar-refractivity contribution in [3.05, 3.63) is 34.5 Å². The first-order chi connectivity index (χ1) is 11.0. The summed E-state index contributed by atoms with van der Waals surface area (Å²) in [4.78, 5) is 1.85. The third-order valence-electron chi connectivity index (χ3n) is 4.30. The summed E-state index contributed by atoms with van der Waals surface area (Å²) in [6.07, 6.45) is -0.613. The highest BCUT2D eigenvalue weighted by molar-refractivity contribution is 6.35. The maximum atomic E-state index is 10.4. The molecule has 0 aliphatic heterocycles. The molecule has 0 unspecified atom stereocenters. The Morgan fingerprint density at radius 2 is 1.83 bits per heavy atom. The van der Waals surface area contributed by atoms with Crippen molar-refractivity contribution in [1.29, 1.82) is 0 Å². The van der Waals surface area contributed by atoms with Gasteiger partial charge in [-0.25, -0.2) is 0 Å². The predicted molar refractivity (Wildman–Crippen MR) is 93.0 cm³/mol. The molecule has 1 aromatic carbocycles. The minimum Gasteiger partial charge on any atom is -0.395 e. The van der Waals surface area contributed by atoms with Gasteiger partial charge in [-0.15, -0.1) is 0 Å². The van der Waals surface area contributed by atoms with E-state index >= 15 is 0 Å². The Morgan fingerprint density at radius 3 is 2.43 bits per heavy atom. The van der Waals surface area contributed by atoms with Gasteiger partial charge in [-0.1, -0.05) is 23.7 Å². The molecule has 2 rings (SSSR count). The van der Waals surface area contributed by atoms with Crippen LogP contribution in [0.1, 0.15) is 11.3 Å². The average molecular weight is 341 g/mol. The lowest BCUT2D eigenvalue weighted by Crippen LogP contribution is -2.38. The minimum absolute atomic E-state index is 0.00311. The number of aliphatic hydroxyl groups excluding tert-OH is 3. The molecule has 3 N–H and O–H groups in total. The summed E-state index contributed by atoms with van der Waals surface area (Å²) < 4.78 is 2.05. The molecule has 2 aromatic rings. The van der Waals surface area contributed by atoms with Gasteiger partial charge in [0.1, 0.15) is 0 Å². The van der Waals surface area contributed by atoms with Crippen molar-refractivity contribution >= 4 is 22.5 Å². The van der Waals surface area contributed by atoms with Crippen LogP contribution < -0.4 is 0 Å².